The molecule has 0 amide bonds. The first kappa shape index (κ1) is 19.2. The third kappa shape index (κ3) is 4.22. The molecule has 0 heterocycles. The van der Waals surface area contributed by atoms with Gasteiger partial charge in [-0.1, -0.05) is 0 Å². The quantitative estimate of drug-likeness (QED) is 0.310. The van der Waals surface area contributed by atoms with E-state index in [1.54, 1.807) is 0 Å². The summed E-state index contributed by atoms with van der Waals surface area (Å²) >= 11 is 16.4. The number of alkyl halides is 3. The molecule has 3 aromatic rings. The maximum atomic E-state index is 6.33. The van der Waals surface area contributed by atoms with Gasteiger partial charge in [-0.3, -0.25) is 0 Å². The van der Waals surface area contributed by atoms with Gasteiger partial charge < -0.3 is 0 Å². The fourth-order valence-electron chi connectivity index (χ4n) is 2.93. The SMILES string of the molecule is Cc1cccc[c]1[Bi]([c]1ccccc1C)[c]1ccccc1C(Cl)(Cl)Cl. The van der Waals surface area contributed by atoms with Gasteiger partial charge in [0.15, 0.2) is 0 Å². The molecule has 0 N–H and O–H groups in total. The Labute approximate surface area is 172 Å². The van der Waals surface area contributed by atoms with Crippen molar-refractivity contribution in [2.45, 2.75) is 17.6 Å². The summed E-state index contributed by atoms with van der Waals surface area (Å²) in [6.07, 6.45) is 0. The number of aryl methyl sites for hydroxylation is 2. The second-order valence-corrected chi connectivity index (χ2v) is 16.4. The molecule has 3 rings (SSSR count). The van der Waals surface area contributed by atoms with Gasteiger partial charge in [-0.25, -0.2) is 0 Å². The number of hydrogen-bond donors (Lipinski definition) is 0. The third-order valence-electron chi connectivity index (χ3n) is 4.16. The Morgan fingerprint density at radius 1 is 0.600 bits per heavy atom. The first-order valence-electron chi connectivity index (χ1n) is 7.97. The summed E-state index contributed by atoms with van der Waals surface area (Å²) in [5.74, 6) is 0. The summed E-state index contributed by atoms with van der Waals surface area (Å²) < 4.78 is 2.65. The van der Waals surface area contributed by atoms with E-state index in [0.717, 1.165) is 5.56 Å². The van der Waals surface area contributed by atoms with Crippen LogP contribution in [0.25, 0.3) is 0 Å². The number of rotatable bonds is 3. The molecule has 0 fully saturated rings. The van der Waals surface area contributed by atoms with Gasteiger partial charge in [-0.15, -0.1) is 0 Å². The van der Waals surface area contributed by atoms with Crippen LogP contribution in [0.3, 0.4) is 0 Å². The number of benzene rings is 3. The van der Waals surface area contributed by atoms with Crippen LogP contribution in [0.2, 0.25) is 0 Å². The number of halogens is 3. The second-order valence-electron chi connectivity index (χ2n) is 5.92. The van der Waals surface area contributed by atoms with E-state index in [1.807, 2.05) is 18.2 Å². The van der Waals surface area contributed by atoms with Crippen molar-refractivity contribution < 1.29 is 0 Å². The molecule has 0 spiro atoms. The predicted octanol–water partition coefficient (Wildman–Crippen LogP) is 4.65. The summed E-state index contributed by atoms with van der Waals surface area (Å²) in [5.41, 5.74) is 3.43. The Balaban J connectivity index is 2.31. The van der Waals surface area contributed by atoms with Gasteiger partial charge in [0.05, 0.1) is 0 Å². The van der Waals surface area contributed by atoms with Gasteiger partial charge in [0.25, 0.3) is 0 Å². The summed E-state index contributed by atoms with van der Waals surface area (Å²) in [6, 6.07) is 25.3. The Morgan fingerprint density at radius 3 is 1.44 bits per heavy atom. The molecular weight excluding hydrogens is 568 g/mol. The maximum absolute atomic E-state index is 6.33. The van der Waals surface area contributed by atoms with E-state index in [0.29, 0.717) is 0 Å². The molecule has 0 aliphatic heterocycles. The first-order chi connectivity index (χ1) is 11.9. The van der Waals surface area contributed by atoms with Gasteiger partial charge in [-0.05, 0) is 0 Å². The van der Waals surface area contributed by atoms with Crippen LogP contribution >= 0.6 is 34.8 Å². The Morgan fingerprint density at radius 2 is 1.00 bits per heavy atom. The van der Waals surface area contributed by atoms with Gasteiger partial charge >= 0.3 is 173 Å². The zero-order chi connectivity index (χ0) is 18.0. The zero-order valence-corrected chi connectivity index (χ0v) is 19.8. The van der Waals surface area contributed by atoms with Gasteiger partial charge in [-0.2, -0.15) is 0 Å². The summed E-state index contributed by atoms with van der Waals surface area (Å²) in [6.45, 7) is 4.35. The Hall–Kier alpha value is -0.587. The minimum absolute atomic E-state index is 0.810. The van der Waals surface area contributed by atoms with E-state index < -0.39 is 25.5 Å². The Kier molecular flexibility index (Phi) is 6.12. The van der Waals surface area contributed by atoms with Crippen molar-refractivity contribution in [3.63, 3.8) is 0 Å². The van der Waals surface area contributed by atoms with Crippen LogP contribution in [0, 0.1) is 13.8 Å². The standard InChI is InChI=1S/C7H4Cl3.2C7H7.Bi/c8-7(9,10)6-4-2-1-3-5-6;2*1-7-5-3-2-4-6-7;/h1-4H;2*2-5H,1H3;. The molecule has 0 aliphatic rings. The van der Waals surface area contributed by atoms with Crippen molar-refractivity contribution in [2.75, 3.05) is 0 Å². The van der Waals surface area contributed by atoms with Crippen LogP contribution < -0.4 is 9.81 Å². The molecule has 0 radical (unpaired) electrons. The first-order valence-corrected chi connectivity index (χ1v) is 14.3. The molecule has 0 aliphatic carbocycles. The molecule has 0 saturated carbocycles. The second kappa shape index (κ2) is 7.97. The third-order valence-corrected chi connectivity index (χ3v) is 15.8. The normalized spacial score (nSPS) is 11.8. The monoisotopic (exact) mass is 584 g/mol. The fraction of sp³-hybridized carbons (Fsp3) is 0.143. The van der Waals surface area contributed by atoms with Gasteiger partial charge in [0.1, 0.15) is 0 Å². The van der Waals surface area contributed by atoms with Crippen LogP contribution in [-0.2, 0) is 3.79 Å². The van der Waals surface area contributed by atoms with Gasteiger partial charge in [0.2, 0.25) is 0 Å². The molecule has 0 nitrogen and oxygen atoms in total. The molecule has 128 valence electrons. The number of hydrogen-bond acceptors (Lipinski definition) is 0. The van der Waals surface area contributed by atoms with Crippen LogP contribution in [0.1, 0.15) is 16.7 Å². The van der Waals surface area contributed by atoms with E-state index in [1.165, 1.54) is 20.9 Å². The van der Waals surface area contributed by atoms with Crippen molar-refractivity contribution in [3.8, 4) is 0 Å². The summed E-state index contributed by atoms with van der Waals surface area (Å²) in [5, 5.41) is 0. The fourth-order valence-corrected chi connectivity index (χ4v) is 15.2. The molecule has 0 aromatic heterocycles. The van der Waals surface area contributed by atoms with Crippen molar-refractivity contribution in [1.82, 2.24) is 0 Å². The average Bonchev–Trinajstić information content (AvgIpc) is 2.58. The molecule has 4 heteroatoms. The molecule has 25 heavy (non-hydrogen) atoms. The van der Waals surface area contributed by atoms with E-state index >= 15 is 0 Å². The van der Waals surface area contributed by atoms with Crippen LogP contribution in [0.4, 0.5) is 0 Å². The van der Waals surface area contributed by atoms with Gasteiger partial charge in [0, 0.05) is 0 Å². The Bertz CT molecular complexity index is 839. The molecular formula is C21H18BiCl3. The van der Waals surface area contributed by atoms with E-state index in [2.05, 4.69) is 68.4 Å². The van der Waals surface area contributed by atoms with Crippen molar-refractivity contribution in [1.29, 1.82) is 0 Å². The summed E-state index contributed by atoms with van der Waals surface area (Å²) in [7, 11) is 0. The van der Waals surface area contributed by atoms with E-state index in [9.17, 15) is 0 Å². The minimum atomic E-state index is -2.61. The zero-order valence-electron chi connectivity index (χ0n) is 14.0. The van der Waals surface area contributed by atoms with E-state index in [4.69, 9.17) is 34.8 Å². The van der Waals surface area contributed by atoms with Crippen molar-refractivity contribution >= 4 is 66.4 Å². The van der Waals surface area contributed by atoms with E-state index in [-0.39, 0.29) is 0 Å². The molecule has 3 aromatic carbocycles. The van der Waals surface area contributed by atoms with Crippen LogP contribution in [0.5, 0.6) is 0 Å². The molecule has 0 atom stereocenters. The van der Waals surface area contributed by atoms with Crippen molar-refractivity contribution in [3.05, 3.63) is 89.5 Å². The molecule has 0 saturated heterocycles. The van der Waals surface area contributed by atoms with Crippen LogP contribution in [-0.4, -0.2) is 21.8 Å². The predicted molar refractivity (Wildman–Crippen MR) is 113 cm³/mol. The average molecular weight is 586 g/mol. The molecule has 0 unspecified atom stereocenters. The molecule has 0 bridgehead atoms. The summed E-state index contributed by atoms with van der Waals surface area (Å²) in [4.78, 5) is 0. The van der Waals surface area contributed by atoms with Crippen molar-refractivity contribution in [2.24, 2.45) is 0 Å². The van der Waals surface area contributed by atoms with Crippen LogP contribution in [0.15, 0.2) is 72.8 Å². The topological polar surface area (TPSA) is 0 Å².